The number of rotatable bonds is 3. The molecule has 0 saturated carbocycles. The van der Waals surface area contributed by atoms with Crippen LogP contribution in [0.2, 0.25) is 0 Å². The highest BCUT2D eigenvalue weighted by atomic mass is 16.5. The summed E-state index contributed by atoms with van der Waals surface area (Å²) in [4.78, 5) is 21.5. The van der Waals surface area contributed by atoms with Gasteiger partial charge in [-0.1, -0.05) is 5.16 Å². The first-order valence-corrected chi connectivity index (χ1v) is 8.92. The normalized spacial score (nSPS) is 30.3. The Morgan fingerprint density at radius 1 is 1.25 bits per heavy atom. The van der Waals surface area contributed by atoms with Crippen molar-refractivity contribution in [2.75, 3.05) is 26.2 Å². The Kier molecular flexibility index (Phi) is 5.20. The molecule has 1 aromatic heterocycles. The van der Waals surface area contributed by atoms with Gasteiger partial charge in [-0.15, -0.1) is 0 Å². The molecule has 3 heterocycles. The molecule has 0 N–H and O–H groups in total. The molecular weight excluding hydrogens is 308 g/mol. The minimum absolute atomic E-state index is 0.0976. The Morgan fingerprint density at radius 3 is 2.58 bits per heavy atom. The van der Waals surface area contributed by atoms with E-state index in [1.54, 1.807) is 0 Å². The smallest absolute Gasteiger partial charge is 0.239 e. The first-order valence-electron chi connectivity index (χ1n) is 8.92. The maximum absolute atomic E-state index is 12.9. The van der Waals surface area contributed by atoms with E-state index in [-0.39, 0.29) is 30.1 Å². The fraction of sp³-hybridized carbons (Fsp3) is 0.824. The topological polar surface area (TPSA) is 71.7 Å². The molecule has 3 rings (SSSR count). The molecule has 2 saturated heterocycles. The van der Waals surface area contributed by atoms with E-state index in [0.29, 0.717) is 24.8 Å². The van der Waals surface area contributed by atoms with Gasteiger partial charge in [-0.3, -0.25) is 9.69 Å². The molecule has 0 spiro atoms. The molecule has 2 aliphatic rings. The molecule has 0 aliphatic carbocycles. The number of carbonyl (C=O) groups excluding carboxylic acids is 1. The zero-order valence-electron chi connectivity index (χ0n) is 15.1. The van der Waals surface area contributed by atoms with Crippen LogP contribution in [0.15, 0.2) is 4.52 Å². The van der Waals surface area contributed by atoms with Crippen molar-refractivity contribution < 1.29 is 14.1 Å². The van der Waals surface area contributed by atoms with Crippen LogP contribution in [0.1, 0.15) is 51.2 Å². The second kappa shape index (κ2) is 7.19. The van der Waals surface area contributed by atoms with Gasteiger partial charge in [-0.25, -0.2) is 0 Å². The monoisotopic (exact) mass is 336 g/mol. The van der Waals surface area contributed by atoms with Crippen LogP contribution in [0.4, 0.5) is 0 Å². The predicted octanol–water partition coefficient (Wildman–Crippen LogP) is 1.58. The average Bonchev–Trinajstić information content (AvgIpc) is 2.99. The van der Waals surface area contributed by atoms with Gasteiger partial charge in [0.05, 0.1) is 24.2 Å². The predicted molar refractivity (Wildman–Crippen MR) is 88.6 cm³/mol. The van der Waals surface area contributed by atoms with Gasteiger partial charge in [0.15, 0.2) is 5.82 Å². The lowest BCUT2D eigenvalue weighted by Gasteiger charge is -2.40. The highest BCUT2D eigenvalue weighted by Gasteiger charge is 2.34. The van der Waals surface area contributed by atoms with Crippen LogP contribution in [0, 0.1) is 6.92 Å². The van der Waals surface area contributed by atoms with Gasteiger partial charge in [-0.2, -0.15) is 4.98 Å². The number of carbonyl (C=O) groups is 1. The lowest BCUT2D eigenvalue weighted by molar-refractivity contribution is -0.148. The summed E-state index contributed by atoms with van der Waals surface area (Å²) in [5, 5.41) is 3.89. The molecule has 0 aromatic carbocycles. The molecule has 0 radical (unpaired) electrons. The number of morpholine rings is 1. The zero-order chi connectivity index (χ0) is 17.3. The van der Waals surface area contributed by atoms with Gasteiger partial charge in [0.2, 0.25) is 11.8 Å². The quantitative estimate of drug-likeness (QED) is 0.834. The molecule has 1 amide bonds. The van der Waals surface area contributed by atoms with Crippen LogP contribution in [-0.4, -0.2) is 70.3 Å². The third kappa shape index (κ3) is 3.78. The standard InChI is InChI=1S/C17H28N4O3/c1-11-8-21(9-12(2)23-11)17(22)13(3)20-7-5-6-15(10-20)16-18-14(4)19-24-16/h11-13,15H,5-10H2,1-4H3. The molecule has 7 nitrogen and oxygen atoms in total. The van der Waals surface area contributed by atoms with Crippen LogP contribution >= 0.6 is 0 Å². The van der Waals surface area contributed by atoms with Gasteiger partial charge in [0.25, 0.3) is 0 Å². The molecule has 7 heteroatoms. The summed E-state index contributed by atoms with van der Waals surface area (Å²) in [6.07, 6.45) is 2.27. The van der Waals surface area contributed by atoms with Crippen molar-refractivity contribution in [2.24, 2.45) is 0 Å². The third-order valence-corrected chi connectivity index (χ3v) is 4.98. The van der Waals surface area contributed by atoms with Crippen LogP contribution in [0.25, 0.3) is 0 Å². The summed E-state index contributed by atoms with van der Waals surface area (Å²) in [7, 11) is 0. The van der Waals surface area contributed by atoms with Crippen molar-refractivity contribution in [3.05, 3.63) is 11.7 Å². The number of amides is 1. The Balaban J connectivity index is 1.63. The second-order valence-corrected chi connectivity index (χ2v) is 7.19. The van der Waals surface area contributed by atoms with Crippen molar-refractivity contribution in [1.82, 2.24) is 19.9 Å². The van der Waals surface area contributed by atoms with E-state index in [1.807, 2.05) is 32.6 Å². The molecule has 4 unspecified atom stereocenters. The van der Waals surface area contributed by atoms with Crippen molar-refractivity contribution in [2.45, 2.75) is 64.7 Å². The SMILES string of the molecule is Cc1noc(C2CCCN(C(C)C(=O)N3CC(C)OC(C)C3)C2)n1. The number of nitrogens with zero attached hydrogens (tertiary/aromatic N) is 4. The minimum Gasteiger partial charge on any atom is -0.372 e. The summed E-state index contributed by atoms with van der Waals surface area (Å²) in [6.45, 7) is 11.0. The van der Waals surface area contributed by atoms with Gasteiger partial charge in [-0.05, 0) is 47.1 Å². The molecule has 2 aliphatic heterocycles. The van der Waals surface area contributed by atoms with E-state index < -0.39 is 0 Å². The van der Waals surface area contributed by atoms with Crippen LogP contribution in [0.3, 0.4) is 0 Å². The first-order chi connectivity index (χ1) is 11.4. The Bertz CT molecular complexity index is 566. The van der Waals surface area contributed by atoms with E-state index in [4.69, 9.17) is 9.26 Å². The molecule has 1 aromatic rings. The number of hydrogen-bond acceptors (Lipinski definition) is 6. The van der Waals surface area contributed by atoms with Gasteiger partial charge >= 0.3 is 0 Å². The summed E-state index contributed by atoms with van der Waals surface area (Å²) >= 11 is 0. The highest BCUT2D eigenvalue weighted by molar-refractivity contribution is 5.81. The van der Waals surface area contributed by atoms with Gasteiger partial charge in [0.1, 0.15) is 0 Å². The highest BCUT2D eigenvalue weighted by Crippen LogP contribution is 2.27. The molecule has 0 bridgehead atoms. The molecular formula is C17H28N4O3. The lowest BCUT2D eigenvalue weighted by Crippen LogP contribution is -2.55. The third-order valence-electron chi connectivity index (χ3n) is 4.98. The lowest BCUT2D eigenvalue weighted by atomic mass is 9.96. The van der Waals surface area contributed by atoms with Crippen LogP contribution in [-0.2, 0) is 9.53 Å². The first kappa shape index (κ1) is 17.4. The van der Waals surface area contributed by atoms with Crippen molar-refractivity contribution in [1.29, 1.82) is 0 Å². The van der Waals surface area contributed by atoms with Gasteiger partial charge in [0, 0.05) is 19.6 Å². The average molecular weight is 336 g/mol. The van der Waals surface area contributed by atoms with Crippen LogP contribution in [0.5, 0.6) is 0 Å². The van der Waals surface area contributed by atoms with Crippen molar-refractivity contribution >= 4 is 5.91 Å². The number of hydrogen-bond donors (Lipinski definition) is 0. The van der Waals surface area contributed by atoms with Gasteiger partial charge < -0.3 is 14.2 Å². The number of likely N-dealkylation sites (tertiary alicyclic amines) is 1. The van der Waals surface area contributed by atoms with E-state index >= 15 is 0 Å². The maximum atomic E-state index is 12.9. The fourth-order valence-electron chi connectivity index (χ4n) is 3.82. The largest absolute Gasteiger partial charge is 0.372 e. The minimum atomic E-state index is -0.130. The zero-order valence-corrected chi connectivity index (χ0v) is 15.1. The second-order valence-electron chi connectivity index (χ2n) is 7.19. The summed E-state index contributed by atoms with van der Waals surface area (Å²) in [6, 6.07) is -0.130. The Hall–Kier alpha value is -1.47. The van der Waals surface area contributed by atoms with Crippen molar-refractivity contribution in [3.63, 3.8) is 0 Å². The van der Waals surface area contributed by atoms with Crippen LogP contribution < -0.4 is 0 Å². The summed E-state index contributed by atoms with van der Waals surface area (Å²) in [5.41, 5.74) is 0. The molecule has 24 heavy (non-hydrogen) atoms. The number of ether oxygens (including phenoxy) is 1. The Morgan fingerprint density at radius 2 is 1.96 bits per heavy atom. The van der Waals surface area contributed by atoms with E-state index in [9.17, 15) is 4.79 Å². The molecule has 2 fully saturated rings. The van der Waals surface area contributed by atoms with E-state index in [2.05, 4.69) is 15.0 Å². The number of aromatic nitrogens is 2. The molecule has 4 atom stereocenters. The fourth-order valence-corrected chi connectivity index (χ4v) is 3.82. The van der Waals surface area contributed by atoms with E-state index in [0.717, 1.165) is 25.9 Å². The van der Waals surface area contributed by atoms with Crippen molar-refractivity contribution in [3.8, 4) is 0 Å². The summed E-state index contributed by atoms with van der Waals surface area (Å²) in [5.74, 6) is 1.78. The number of piperidine rings is 1. The Labute approximate surface area is 143 Å². The summed E-state index contributed by atoms with van der Waals surface area (Å²) < 4.78 is 11.1. The maximum Gasteiger partial charge on any atom is 0.239 e. The van der Waals surface area contributed by atoms with E-state index in [1.165, 1.54) is 0 Å². The number of aryl methyl sites for hydroxylation is 1. The molecule has 134 valence electrons.